The minimum absolute atomic E-state index is 0.123. The Morgan fingerprint density at radius 3 is 2.56 bits per heavy atom. The van der Waals surface area contributed by atoms with Crippen LogP contribution in [0.5, 0.6) is 11.5 Å². The molecule has 1 heterocycles. The second kappa shape index (κ2) is 12.2. The summed E-state index contributed by atoms with van der Waals surface area (Å²) in [6.07, 6.45) is 0.665. The molecule has 3 rings (SSSR count). The molecular weight excluding hydrogens is 446 g/mol. The van der Waals surface area contributed by atoms with Gasteiger partial charge in [0, 0.05) is 23.3 Å². The van der Waals surface area contributed by atoms with Gasteiger partial charge in [0.25, 0.3) is 5.56 Å². The smallest absolute Gasteiger partial charge is 0.251 e. The number of carbonyl (C=O) groups excluding carboxylic acids is 1. The van der Waals surface area contributed by atoms with E-state index in [1.54, 1.807) is 26.0 Å². The standard InChI is InChI=1S/C23H25N3O4S2/c1-29-19-9-8-16(12-20(19)30-2)10-11-24-22(28)15-32-23-25-17(13-21(27)26-23)14-31-18-6-4-3-5-7-18/h3-9,12-13H,10-11,14-15H2,1-2H3,(H,24,28)(H,25,26,27). The van der Waals surface area contributed by atoms with E-state index in [2.05, 4.69) is 15.3 Å². The Hall–Kier alpha value is -2.91. The summed E-state index contributed by atoms with van der Waals surface area (Å²) in [7, 11) is 3.18. The van der Waals surface area contributed by atoms with Crippen LogP contribution in [0.1, 0.15) is 11.3 Å². The van der Waals surface area contributed by atoms with E-state index < -0.39 is 0 Å². The van der Waals surface area contributed by atoms with Crippen LogP contribution in [0.4, 0.5) is 0 Å². The summed E-state index contributed by atoms with van der Waals surface area (Å²) in [5, 5.41) is 3.33. The van der Waals surface area contributed by atoms with E-state index in [1.807, 2.05) is 48.5 Å². The maximum Gasteiger partial charge on any atom is 0.251 e. The van der Waals surface area contributed by atoms with Gasteiger partial charge >= 0.3 is 0 Å². The first-order valence-electron chi connectivity index (χ1n) is 9.96. The Balaban J connectivity index is 1.46. The van der Waals surface area contributed by atoms with Gasteiger partial charge in [-0.15, -0.1) is 11.8 Å². The molecule has 0 atom stereocenters. The molecule has 0 aliphatic heterocycles. The van der Waals surface area contributed by atoms with Gasteiger partial charge in [0.2, 0.25) is 5.91 Å². The number of nitrogens with one attached hydrogen (secondary N) is 2. The van der Waals surface area contributed by atoms with Crippen LogP contribution in [-0.4, -0.2) is 42.4 Å². The molecule has 0 unspecified atom stereocenters. The van der Waals surface area contributed by atoms with E-state index in [1.165, 1.54) is 17.8 Å². The summed E-state index contributed by atoms with van der Waals surface area (Å²) >= 11 is 2.82. The number of rotatable bonds is 11. The van der Waals surface area contributed by atoms with Crippen LogP contribution in [0.15, 0.2) is 69.4 Å². The molecule has 3 aromatic rings. The summed E-state index contributed by atoms with van der Waals surface area (Å²) in [6, 6.07) is 17.1. The Kier molecular flexibility index (Phi) is 9.06. The van der Waals surface area contributed by atoms with Crippen molar-refractivity contribution < 1.29 is 14.3 Å². The number of aromatic amines is 1. The molecule has 9 heteroatoms. The Morgan fingerprint density at radius 2 is 1.81 bits per heavy atom. The third-order valence-electron chi connectivity index (χ3n) is 4.43. The van der Waals surface area contributed by atoms with Crippen LogP contribution in [0.25, 0.3) is 0 Å². The average Bonchev–Trinajstić information content (AvgIpc) is 2.81. The number of H-pyrrole nitrogens is 1. The fourth-order valence-corrected chi connectivity index (χ4v) is 4.40. The maximum absolute atomic E-state index is 12.2. The average molecular weight is 472 g/mol. The molecular formula is C23H25N3O4S2. The number of aromatic nitrogens is 2. The summed E-state index contributed by atoms with van der Waals surface area (Å²) in [5.41, 5.74) is 1.49. The Bertz CT molecular complexity index is 1090. The van der Waals surface area contributed by atoms with Crippen molar-refractivity contribution in [3.05, 3.63) is 76.2 Å². The predicted molar refractivity (Wildman–Crippen MR) is 128 cm³/mol. The van der Waals surface area contributed by atoms with Gasteiger partial charge in [-0.25, -0.2) is 4.98 Å². The highest BCUT2D eigenvalue weighted by atomic mass is 32.2. The van der Waals surface area contributed by atoms with E-state index >= 15 is 0 Å². The highest BCUT2D eigenvalue weighted by molar-refractivity contribution is 7.99. The van der Waals surface area contributed by atoms with Crippen molar-refractivity contribution in [2.45, 2.75) is 22.2 Å². The lowest BCUT2D eigenvalue weighted by Gasteiger charge is -2.10. The van der Waals surface area contributed by atoms with E-state index in [9.17, 15) is 9.59 Å². The molecule has 0 radical (unpaired) electrons. The van der Waals surface area contributed by atoms with Gasteiger partial charge in [-0.2, -0.15) is 0 Å². The molecule has 168 valence electrons. The second-order valence-electron chi connectivity index (χ2n) is 6.72. The molecule has 2 N–H and O–H groups in total. The zero-order chi connectivity index (χ0) is 22.8. The third-order valence-corrected chi connectivity index (χ3v) is 6.35. The molecule has 0 aliphatic rings. The van der Waals surface area contributed by atoms with Gasteiger partial charge in [-0.05, 0) is 36.2 Å². The minimum atomic E-state index is -0.222. The lowest BCUT2D eigenvalue weighted by molar-refractivity contribution is -0.118. The molecule has 0 bridgehead atoms. The molecule has 32 heavy (non-hydrogen) atoms. The summed E-state index contributed by atoms with van der Waals surface area (Å²) < 4.78 is 10.5. The van der Waals surface area contributed by atoms with Crippen molar-refractivity contribution in [1.82, 2.24) is 15.3 Å². The topological polar surface area (TPSA) is 93.3 Å². The van der Waals surface area contributed by atoms with Crippen LogP contribution in [-0.2, 0) is 17.0 Å². The first kappa shape index (κ1) is 23.7. The predicted octanol–water partition coefficient (Wildman–Crippen LogP) is 3.53. The first-order valence-corrected chi connectivity index (χ1v) is 11.9. The summed E-state index contributed by atoms with van der Waals surface area (Å²) in [6.45, 7) is 0.493. The van der Waals surface area contributed by atoms with E-state index in [-0.39, 0.29) is 17.2 Å². The monoisotopic (exact) mass is 471 g/mol. The number of amides is 1. The zero-order valence-electron chi connectivity index (χ0n) is 17.9. The van der Waals surface area contributed by atoms with Crippen LogP contribution >= 0.6 is 23.5 Å². The molecule has 0 saturated heterocycles. The van der Waals surface area contributed by atoms with Gasteiger partial charge < -0.3 is 19.8 Å². The SMILES string of the molecule is COc1ccc(CCNC(=O)CSc2nc(CSc3ccccc3)cc(=O)[nH]2)cc1OC. The van der Waals surface area contributed by atoms with Gasteiger partial charge in [0.1, 0.15) is 0 Å². The molecule has 7 nitrogen and oxygen atoms in total. The Labute approximate surface area is 195 Å². The van der Waals surface area contributed by atoms with Gasteiger partial charge in [0.15, 0.2) is 16.7 Å². The number of carbonyl (C=O) groups is 1. The van der Waals surface area contributed by atoms with E-state index in [0.29, 0.717) is 41.1 Å². The maximum atomic E-state index is 12.2. The number of hydrogen-bond acceptors (Lipinski definition) is 7. The van der Waals surface area contributed by atoms with Crippen molar-refractivity contribution in [2.75, 3.05) is 26.5 Å². The number of hydrogen-bond donors (Lipinski definition) is 2. The lowest BCUT2D eigenvalue weighted by atomic mass is 10.1. The highest BCUT2D eigenvalue weighted by Gasteiger charge is 2.08. The van der Waals surface area contributed by atoms with Crippen molar-refractivity contribution in [1.29, 1.82) is 0 Å². The molecule has 1 aromatic heterocycles. The minimum Gasteiger partial charge on any atom is -0.493 e. The number of methoxy groups -OCH3 is 2. The van der Waals surface area contributed by atoms with E-state index in [0.717, 1.165) is 10.5 Å². The van der Waals surface area contributed by atoms with Gasteiger partial charge in [0.05, 0.1) is 25.7 Å². The van der Waals surface area contributed by atoms with Crippen molar-refractivity contribution in [3.8, 4) is 11.5 Å². The van der Waals surface area contributed by atoms with Crippen molar-refractivity contribution in [3.63, 3.8) is 0 Å². The number of thioether (sulfide) groups is 2. The quantitative estimate of drug-likeness (QED) is 0.326. The third kappa shape index (κ3) is 7.35. The number of benzene rings is 2. The van der Waals surface area contributed by atoms with Crippen molar-refractivity contribution >= 4 is 29.4 Å². The Morgan fingerprint density at radius 1 is 1.03 bits per heavy atom. The molecule has 2 aromatic carbocycles. The summed E-state index contributed by atoms with van der Waals surface area (Å²) in [4.78, 5) is 32.4. The molecule has 0 aliphatic carbocycles. The fourth-order valence-electron chi connectivity index (χ4n) is 2.87. The fraction of sp³-hybridized carbons (Fsp3) is 0.261. The van der Waals surface area contributed by atoms with Crippen LogP contribution in [0, 0.1) is 0 Å². The first-order chi connectivity index (χ1) is 15.6. The van der Waals surface area contributed by atoms with Crippen molar-refractivity contribution in [2.24, 2.45) is 0 Å². The van der Waals surface area contributed by atoms with Gasteiger partial charge in [-0.1, -0.05) is 36.0 Å². The number of nitrogens with zero attached hydrogens (tertiary/aromatic N) is 1. The zero-order valence-corrected chi connectivity index (χ0v) is 19.6. The van der Waals surface area contributed by atoms with Crippen LogP contribution in [0.3, 0.4) is 0 Å². The lowest BCUT2D eigenvalue weighted by Crippen LogP contribution is -2.27. The van der Waals surface area contributed by atoms with Crippen LogP contribution < -0.4 is 20.3 Å². The van der Waals surface area contributed by atoms with Gasteiger partial charge in [-0.3, -0.25) is 9.59 Å². The highest BCUT2D eigenvalue weighted by Crippen LogP contribution is 2.27. The van der Waals surface area contributed by atoms with E-state index in [4.69, 9.17) is 9.47 Å². The molecule has 0 fully saturated rings. The molecule has 0 saturated carbocycles. The second-order valence-corrected chi connectivity index (χ2v) is 8.73. The molecule has 0 spiro atoms. The largest absolute Gasteiger partial charge is 0.493 e. The molecule has 1 amide bonds. The summed E-state index contributed by atoms with van der Waals surface area (Å²) in [5.74, 6) is 1.96. The normalized spacial score (nSPS) is 10.6. The van der Waals surface area contributed by atoms with Crippen LogP contribution in [0.2, 0.25) is 0 Å². The number of ether oxygens (including phenoxy) is 2.